The van der Waals surface area contributed by atoms with Gasteiger partial charge in [-0.3, -0.25) is 14.6 Å². The number of halogens is 1. The molecule has 0 bridgehead atoms. The smallest absolute Gasteiger partial charge is 0.396 e. The second kappa shape index (κ2) is 6.43. The molecule has 1 heterocycles. The monoisotopic (exact) mass is 254 g/mol. The zero-order chi connectivity index (χ0) is 13.5. The quantitative estimate of drug-likeness (QED) is 0.467. The number of esters is 1. The third-order valence-electron chi connectivity index (χ3n) is 1.90. The number of amides is 1. The van der Waals surface area contributed by atoms with Crippen LogP contribution in [0.2, 0.25) is 0 Å². The lowest BCUT2D eigenvalue weighted by Gasteiger charge is -2.03. The second-order valence-electron chi connectivity index (χ2n) is 3.22. The molecule has 7 heteroatoms. The molecule has 0 saturated carbocycles. The predicted molar refractivity (Wildman–Crippen MR) is 58.2 cm³/mol. The zero-order valence-electron chi connectivity index (χ0n) is 9.60. The highest BCUT2D eigenvalue weighted by atomic mass is 19.1. The first-order valence-electron chi connectivity index (χ1n) is 5.13. The maximum absolute atomic E-state index is 12.8. The van der Waals surface area contributed by atoms with Crippen LogP contribution in [0.4, 0.5) is 4.39 Å². The number of nitrogens with one attached hydrogen (secondary N) is 1. The summed E-state index contributed by atoms with van der Waals surface area (Å²) in [6.07, 6.45) is 2.12. The average Bonchev–Trinajstić information content (AvgIpc) is 2.35. The molecular formula is C11H11FN2O4. The van der Waals surface area contributed by atoms with E-state index in [0.29, 0.717) is 0 Å². The van der Waals surface area contributed by atoms with E-state index in [2.05, 4.69) is 15.0 Å². The topological polar surface area (TPSA) is 85.4 Å². The van der Waals surface area contributed by atoms with Crippen LogP contribution >= 0.6 is 0 Å². The lowest BCUT2D eigenvalue weighted by atomic mass is 10.2. The summed E-state index contributed by atoms with van der Waals surface area (Å²) in [4.78, 5) is 37.0. The first-order valence-corrected chi connectivity index (χ1v) is 5.13. The SMILES string of the molecule is CCOC(=O)C(=O)NCC(=O)c1cncc(F)c1. The normalized spacial score (nSPS) is 9.67. The van der Waals surface area contributed by atoms with Crippen molar-refractivity contribution in [2.45, 2.75) is 6.92 Å². The molecule has 0 radical (unpaired) electrons. The highest BCUT2D eigenvalue weighted by Gasteiger charge is 2.16. The Labute approximate surface area is 102 Å². The van der Waals surface area contributed by atoms with Crippen LogP contribution in [0, 0.1) is 5.82 Å². The van der Waals surface area contributed by atoms with E-state index in [4.69, 9.17) is 0 Å². The molecule has 6 nitrogen and oxygen atoms in total. The average molecular weight is 254 g/mol. The summed E-state index contributed by atoms with van der Waals surface area (Å²) in [6.45, 7) is 1.19. The third kappa shape index (κ3) is 3.93. The first kappa shape index (κ1) is 13.8. The van der Waals surface area contributed by atoms with E-state index >= 15 is 0 Å². The Morgan fingerprint density at radius 3 is 2.72 bits per heavy atom. The van der Waals surface area contributed by atoms with Crippen LogP contribution in [0.5, 0.6) is 0 Å². The van der Waals surface area contributed by atoms with E-state index in [0.717, 1.165) is 12.3 Å². The number of Topliss-reactive ketones (excluding diaryl/α,β-unsaturated/α-hetero) is 1. The molecule has 0 aliphatic carbocycles. The van der Waals surface area contributed by atoms with Crippen molar-refractivity contribution >= 4 is 17.7 Å². The molecular weight excluding hydrogens is 243 g/mol. The lowest BCUT2D eigenvalue weighted by molar-refractivity contribution is -0.154. The predicted octanol–water partition coefficient (Wildman–Crippen LogP) is 0.0827. The van der Waals surface area contributed by atoms with E-state index in [-0.39, 0.29) is 12.2 Å². The first-order chi connectivity index (χ1) is 8.54. The molecule has 0 aliphatic rings. The summed E-state index contributed by atoms with van der Waals surface area (Å²) >= 11 is 0. The Hall–Kier alpha value is -2.31. The summed E-state index contributed by atoms with van der Waals surface area (Å²) in [7, 11) is 0. The number of ketones is 1. The Morgan fingerprint density at radius 1 is 1.39 bits per heavy atom. The van der Waals surface area contributed by atoms with Crippen molar-refractivity contribution in [1.29, 1.82) is 0 Å². The van der Waals surface area contributed by atoms with E-state index < -0.39 is 30.0 Å². The van der Waals surface area contributed by atoms with Crippen molar-refractivity contribution in [3.8, 4) is 0 Å². The molecule has 96 valence electrons. The molecule has 1 aromatic rings. The van der Waals surface area contributed by atoms with E-state index in [1.165, 1.54) is 6.20 Å². The number of hydrogen-bond acceptors (Lipinski definition) is 5. The lowest BCUT2D eigenvalue weighted by Crippen LogP contribution is -2.36. The van der Waals surface area contributed by atoms with Crippen molar-refractivity contribution in [3.63, 3.8) is 0 Å². The van der Waals surface area contributed by atoms with Crippen LogP contribution in [0.1, 0.15) is 17.3 Å². The molecule has 0 saturated heterocycles. The maximum atomic E-state index is 12.8. The van der Waals surface area contributed by atoms with Gasteiger partial charge in [0.15, 0.2) is 5.78 Å². The van der Waals surface area contributed by atoms with Crippen molar-refractivity contribution in [3.05, 3.63) is 29.8 Å². The fourth-order valence-corrected chi connectivity index (χ4v) is 1.10. The minimum Gasteiger partial charge on any atom is -0.459 e. The minimum atomic E-state index is -1.07. The minimum absolute atomic E-state index is 0.0131. The molecule has 1 N–H and O–H groups in total. The molecule has 1 aromatic heterocycles. The van der Waals surface area contributed by atoms with Gasteiger partial charge in [-0.05, 0) is 13.0 Å². The Morgan fingerprint density at radius 2 is 2.11 bits per heavy atom. The summed E-state index contributed by atoms with van der Waals surface area (Å²) in [5.74, 6) is -3.30. The van der Waals surface area contributed by atoms with Gasteiger partial charge in [-0.15, -0.1) is 0 Å². The van der Waals surface area contributed by atoms with Gasteiger partial charge in [-0.25, -0.2) is 9.18 Å². The van der Waals surface area contributed by atoms with Gasteiger partial charge in [0.25, 0.3) is 0 Å². The molecule has 0 fully saturated rings. The summed E-state index contributed by atoms with van der Waals surface area (Å²) in [5, 5.41) is 2.07. The standard InChI is InChI=1S/C11H11FN2O4/c1-2-18-11(17)10(16)14-6-9(15)7-3-8(12)5-13-4-7/h3-5H,2,6H2,1H3,(H,14,16). The largest absolute Gasteiger partial charge is 0.459 e. The number of hydrogen-bond donors (Lipinski definition) is 1. The zero-order valence-corrected chi connectivity index (χ0v) is 9.60. The van der Waals surface area contributed by atoms with Gasteiger partial charge in [0.05, 0.1) is 19.3 Å². The van der Waals surface area contributed by atoms with Crippen LogP contribution < -0.4 is 5.32 Å². The van der Waals surface area contributed by atoms with Gasteiger partial charge in [0.1, 0.15) is 5.82 Å². The van der Waals surface area contributed by atoms with E-state index in [1.807, 2.05) is 0 Å². The second-order valence-corrected chi connectivity index (χ2v) is 3.22. The van der Waals surface area contributed by atoms with Crippen molar-refractivity contribution in [1.82, 2.24) is 10.3 Å². The fraction of sp³-hybridized carbons (Fsp3) is 0.273. The van der Waals surface area contributed by atoms with Crippen molar-refractivity contribution < 1.29 is 23.5 Å². The summed E-state index contributed by atoms with van der Waals surface area (Å²) < 4.78 is 17.2. The number of ether oxygens (including phenoxy) is 1. The fourth-order valence-electron chi connectivity index (χ4n) is 1.10. The number of carbonyl (C=O) groups is 3. The molecule has 0 unspecified atom stereocenters. The molecule has 0 aromatic carbocycles. The highest BCUT2D eigenvalue weighted by molar-refractivity contribution is 6.32. The van der Waals surface area contributed by atoms with E-state index in [1.54, 1.807) is 6.92 Å². The Bertz CT molecular complexity index is 476. The number of aromatic nitrogens is 1. The summed E-state index contributed by atoms with van der Waals surface area (Å²) in [6, 6.07) is 0.992. The van der Waals surface area contributed by atoms with Gasteiger partial charge in [0.2, 0.25) is 0 Å². The maximum Gasteiger partial charge on any atom is 0.396 e. The molecule has 1 rings (SSSR count). The van der Waals surface area contributed by atoms with Gasteiger partial charge in [-0.2, -0.15) is 0 Å². The molecule has 18 heavy (non-hydrogen) atoms. The number of pyridine rings is 1. The van der Waals surface area contributed by atoms with Gasteiger partial charge in [0, 0.05) is 11.8 Å². The van der Waals surface area contributed by atoms with Crippen LogP contribution in [0.25, 0.3) is 0 Å². The third-order valence-corrected chi connectivity index (χ3v) is 1.90. The summed E-state index contributed by atoms with van der Waals surface area (Å²) in [5.41, 5.74) is 0.0131. The van der Waals surface area contributed by atoms with Gasteiger partial charge >= 0.3 is 11.9 Å². The van der Waals surface area contributed by atoms with Crippen molar-refractivity contribution in [2.75, 3.05) is 13.2 Å². The van der Waals surface area contributed by atoms with Crippen LogP contribution in [-0.4, -0.2) is 35.8 Å². The number of carbonyl (C=O) groups excluding carboxylic acids is 3. The Balaban J connectivity index is 2.51. The molecule has 1 amide bonds. The van der Waals surface area contributed by atoms with Crippen LogP contribution in [0.15, 0.2) is 18.5 Å². The van der Waals surface area contributed by atoms with Crippen molar-refractivity contribution in [2.24, 2.45) is 0 Å². The molecule has 0 spiro atoms. The van der Waals surface area contributed by atoms with Gasteiger partial charge in [-0.1, -0.05) is 0 Å². The highest BCUT2D eigenvalue weighted by Crippen LogP contribution is 2.01. The van der Waals surface area contributed by atoms with E-state index in [9.17, 15) is 18.8 Å². The Kier molecular flexibility index (Phi) is 4.91. The molecule has 0 atom stereocenters. The van der Waals surface area contributed by atoms with Crippen LogP contribution in [-0.2, 0) is 14.3 Å². The van der Waals surface area contributed by atoms with Gasteiger partial charge < -0.3 is 10.1 Å². The van der Waals surface area contributed by atoms with Crippen LogP contribution in [0.3, 0.4) is 0 Å². The number of nitrogens with zero attached hydrogens (tertiary/aromatic N) is 1. The number of rotatable bonds is 4. The molecule has 0 aliphatic heterocycles.